The number of carbonyl (C=O) groups is 2. The maximum atomic E-state index is 13.3. The molecule has 0 spiro atoms. The highest BCUT2D eigenvalue weighted by Gasteiger charge is 2.23. The summed E-state index contributed by atoms with van der Waals surface area (Å²) in [5.74, 6) is -1.08. The number of benzene rings is 3. The zero-order chi connectivity index (χ0) is 29.9. The molecule has 0 saturated heterocycles. The molecule has 1 aliphatic rings. The van der Waals surface area contributed by atoms with E-state index in [1.54, 1.807) is 6.07 Å². The highest BCUT2D eigenvalue weighted by atomic mass is 35.5. The lowest BCUT2D eigenvalue weighted by atomic mass is 10.0. The first-order valence-electron chi connectivity index (χ1n) is 13.9. The van der Waals surface area contributed by atoms with Gasteiger partial charge in [-0.3, -0.25) is 9.59 Å². The van der Waals surface area contributed by atoms with E-state index in [0.29, 0.717) is 30.7 Å². The van der Waals surface area contributed by atoms with Gasteiger partial charge in [0.25, 0.3) is 5.91 Å². The first-order chi connectivity index (χ1) is 20.1. The second-order valence-electron chi connectivity index (χ2n) is 10.6. The number of fused-ring (bicyclic) bond motifs is 2. The molecule has 42 heavy (non-hydrogen) atoms. The fourth-order valence-electron chi connectivity index (χ4n) is 5.29. The maximum absolute atomic E-state index is 13.3. The number of aryl methyl sites for hydroxylation is 3. The van der Waals surface area contributed by atoms with Gasteiger partial charge in [-0.05, 0) is 91.3 Å². The zero-order valence-corrected chi connectivity index (χ0v) is 25.2. The summed E-state index contributed by atoms with van der Waals surface area (Å²) in [5.41, 5.74) is 6.37. The largest absolute Gasteiger partial charge is 0.494 e. The van der Waals surface area contributed by atoms with Gasteiger partial charge < -0.3 is 15.0 Å². The van der Waals surface area contributed by atoms with Gasteiger partial charge in [-0.2, -0.15) is 0 Å². The summed E-state index contributed by atoms with van der Waals surface area (Å²) in [6.45, 7) is 4.21. The molecule has 0 bridgehead atoms. The van der Waals surface area contributed by atoms with E-state index in [4.69, 9.17) is 16.3 Å². The molecular formula is C33H33ClN2O5S. The number of para-hydroxylation sites is 1. The molecule has 5 rings (SSSR count). The molecule has 3 aromatic carbocycles. The lowest BCUT2D eigenvalue weighted by Crippen LogP contribution is -2.31. The van der Waals surface area contributed by atoms with E-state index in [1.807, 2.05) is 74.5 Å². The van der Waals surface area contributed by atoms with Crippen molar-refractivity contribution in [1.82, 2.24) is 10.3 Å². The van der Waals surface area contributed by atoms with Gasteiger partial charge in [-0.1, -0.05) is 48.0 Å². The van der Waals surface area contributed by atoms with Gasteiger partial charge in [-0.25, -0.2) is 8.42 Å². The number of halogens is 1. The molecule has 0 aliphatic heterocycles. The van der Waals surface area contributed by atoms with Crippen LogP contribution < -0.4 is 10.1 Å². The van der Waals surface area contributed by atoms with Gasteiger partial charge in [0.1, 0.15) is 11.5 Å². The molecule has 0 unspecified atom stereocenters. The average Bonchev–Trinajstić information content (AvgIpc) is 3.58. The standard InChI is InChI=1S/C33H33ClN2O5S/c1-21-17-26(18-22(2)31(21)34)41-15-6-10-28-27-9-3-4-11-29(27)36-32(28)30(37)20-42(39,40)16-14-35-33(38)25-13-12-23-7-5-8-24(23)19-25/h3-5,7,9,11-13,17-19,36H,6,8,10,14-16,20H2,1-2H3,(H,35,38). The Morgan fingerprint density at radius 3 is 2.60 bits per heavy atom. The summed E-state index contributed by atoms with van der Waals surface area (Å²) >= 11 is 6.26. The van der Waals surface area contributed by atoms with Crippen LogP contribution in [0.5, 0.6) is 5.75 Å². The number of aromatic nitrogens is 1. The Labute approximate surface area is 250 Å². The van der Waals surface area contributed by atoms with Gasteiger partial charge in [0, 0.05) is 28.0 Å². The summed E-state index contributed by atoms with van der Waals surface area (Å²) in [5, 5.41) is 4.27. The number of ether oxygens (including phenoxy) is 1. The number of sulfone groups is 1. The number of Topliss-reactive ketones (excluding diaryl/α,β-unsaturated/α-hetero) is 1. The molecule has 2 N–H and O–H groups in total. The minimum atomic E-state index is -3.77. The number of amides is 1. The fraction of sp³-hybridized carbons (Fsp3) is 0.273. The predicted molar refractivity (Wildman–Crippen MR) is 168 cm³/mol. The van der Waals surface area contributed by atoms with Crippen LogP contribution in [-0.2, 0) is 22.7 Å². The van der Waals surface area contributed by atoms with Crippen LogP contribution in [0.4, 0.5) is 0 Å². The lowest BCUT2D eigenvalue weighted by Gasteiger charge is -2.11. The first-order valence-corrected chi connectivity index (χ1v) is 16.1. The SMILES string of the molecule is Cc1cc(OCCCc2c(C(=O)CS(=O)(=O)CCNC(=O)c3ccc4c(c3)CC=C4)[nH]c3ccccc23)cc(C)c1Cl. The van der Waals surface area contributed by atoms with Crippen LogP contribution in [0.2, 0.25) is 5.02 Å². The summed E-state index contributed by atoms with van der Waals surface area (Å²) in [7, 11) is -3.77. The van der Waals surface area contributed by atoms with Crippen molar-refractivity contribution in [3.05, 3.63) is 105 Å². The third kappa shape index (κ3) is 6.77. The number of nitrogens with one attached hydrogen (secondary N) is 2. The predicted octanol–water partition coefficient (Wildman–Crippen LogP) is 6.05. The van der Waals surface area contributed by atoms with E-state index in [1.165, 1.54) is 0 Å². The van der Waals surface area contributed by atoms with Crippen LogP contribution in [-0.4, -0.2) is 49.7 Å². The minimum Gasteiger partial charge on any atom is -0.494 e. The Balaban J connectivity index is 1.19. The Morgan fingerprint density at radius 2 is 1.81 bits per heavy atom. The van der Waals surface area contributed by atoms with Crippen LogP contribution in [0.25, 0.3) is 17.0 Å². The van der Waals surface area contributed by atoms with Crippen LogP contribution >= 0.6 is 11.6 Å². The van der Waals surface area contributed by atoms with E-state index in [9.17, 15) is 18.0 Å². The molecule has 7 nitrogen and oxygen atoms in total. The minimum absolute atomic E-state index is 0.0790. The number of hydrogen-bond acceptors (Lipinski definition) is 5. The highest BCUT2D eigenvalue weighted by Crippen LogP contribution is 2.27. The van der Waals surface area contributed by atoms with Gasteiger partial charge >= 0.3 is 0 Å². The molecule has 0 radical (unpaired) electrons. The van der Waals surface area contributed by atoms with Crippen LogP contribution in [0.15, 0.2) is 60.7 Å². The van der Waals surface area contributed by atoms with Crippen molar-refractivity contribution in [3.8, 4) is 5.75 Å². The van der Waals surface area contributed by atoms with Crippen molar-refractivity contribution in [2.24, 2.45) is 0 Å². The monoisotopic (exact) mass is 604 g/mol. The number of H-pyrrole nitrogens is 1. The van der Waals surface area contributed by atoms with E-state index in [2.05, 4.69) is 10.3 Å². The molecule has 4 aromatic rings. The van der Waals surface area contributed by atoms with Crippen molar-refractivity contribution in [3.63, 3.8) is 0 Å². The van der Waals surface area contributed by atoms with Crippen LogP contribution in [0.3, 0.4) is 0 Å². The quantitative estimate of drug-likeness (QED) is 0.151. The number of allylic oxidation sites excluding steroid dienone is 1. The Morgan fingerprint density at radius 1 is 1.05 bits per heavy atom. The molecule has 218 valence electrons. The van der Waals surface area contributed by atoms with Crippen LogP contribution in [0.1, 0.15) is 55.1 Å². The van der Waals surface area contributed by atoms with Gasteiger partial charge in [-0.15, -0.1) is 0 Å². The molecule has 1 aliphatic carbocycles. The molecule has 0 atom stereocenters. The molecule has 0 fully saturated rings. The maximum Gasteiger partial charge on any atom is 0.251 e. The topological polar surface area (TPSA) is 105 Å². The molecule has 1 heterocycles. The van der Waals surface area contributed by atoms with E-state index >= 15 is 0 Å². The highest BCUT2D eigenvalue weighted by molar-refractivity contribution is 7.92. The number of rotatable bonds is 12. The normalized spacial score (nSPS) is 12.5. The summed E-state index contributed by atoms with van der Waals surface area (Å²) < 4.78 is 31.7. The fourth-order valence-corrected chi connectivity index (χ4v) is 6.50. The Bertz CT molecular complexity index is 1780. The van der Waals surface area contributed by atoms with Crippen molar-refractivity contribution in [1.29, 1.82) is 0 Å². The zero-order valence-electron chi connectivity index (χ0n) is 23.6. The number of carbonyl (C=O) groups excluding carboxylic acids is 2. The summed E-state index contributed by atoms with van der Waals surface area (Å²) in [6.07, 6.45) is 5.97. The first kappa shape index (κ1) is 29.6. The molecule has 1 amide bonds. The van der Waals surface area contributed by atoms with Crippen molar-refractivity contribution >= 4 is 50.1 Å². The number of hydrogen-bond donors (Lipinski definition) is 2. The van der Waals surface area contributed by atoms with E-state index in [-0.39, 0.29) is 18.2 Å². The molecule has 9 heteroatoms. The van der Waals surface area contributed by atoms with Gasteiger partial charge in [0.05, 0.1) is 18.1 Å². The van der Waals surface area contributed by atoms with Crippen molar-refractivity contribution < 1.29 is 22.7 Å². The van der Waals surface area contributed by atoms with E-state index < -0.39 is 21.4 Å². The van der Waals surface area contributed by atoms with Gasteiger partial charge in [0.15, 0.2) is 15.6 Å². The Kier molecular flexibility index (Phi) is 8.85. The molecule has 0 saturated carbocycles. The Hall–Kier alpha value is -3.88. The molecule has 1 aromatic heterocycles. The third-order valence-electron chi connectivity index (χ3n) is 7.43. The smallest absolute Gasteiger partial charge is 0.251 e. The number of aromatic amines is 1. The van der Waals surface area contributed by atoms with Crippen LogP contribution in [0, 0.1) is 13.8 Å². The second-order valence-corrected chi connectivity index (χ2v) is 13.2. The summed E-state index contributed by atoms with van der Waals surface area (Å²) in [4.78, 5) is 29.0. The molecular weight excluding hydrogens is 572 g/mol. The van der Waals surface area contributed by atoms with E-state index in [0.717, 1.165) is 55.9 Å². The van der Waals surface area contributed by atoms with Crippen molar-refractivity contribution in [2.45, 2.75) is 33.1 Å². The van der Waals surface area contributed by atoms with Crippen molar-refractivity contribution in [2.75, 3.05) is 24.7 Å². The average molecular weight is 605 g/mol. The summed E-state index contributed by atoms with van der Waals surface area (Å²) in [6, 6.07) is 16.8. The van der Waals surface area contributed by atoms with Gasteiger partial charge in [0.2, 0.25) is 0 Å². The second kappa shape index (κ2) is 12.5. The third-order valence-corrected chi connectivity index (χ3v) is 9.56. The number of ketones is 1. The lowest BCUT2D eigenvalue weighted by molar-refractivity contribution is 0.0955.